The Labute approximate surface area is 109 Å². The van der Waals surface area contributed by atoms with Crippen LogP contribution in [-0.2, 0) is 6.42 Å². The minimum absolute atomic E-state index is 0.194. The number of rotatable bonds is 3. The van der Waals surface area contributed by atoms with E-state index in [1.165, 1.54) is 12.1 Å². The summed E-state index contributed by atoms with van der Waals surface area (Å²) in [6, 6.07) is 4.84. The maximum Gasteiger partial charge on any atom is 0.200 e. The standard InChI is InChI=1S/C14H12F2N2O/c1-3-12-9(7-8(2)17-18-12)14(19)13-10(15)5-4-6-11(13)16/h4-7H,3H2,1-2H3. The molecule has 0 bridgehead atoms. The van der Waals surface area contributed by atoms with Gasteiger partial charge in [0.05, 0.1) is 17.0 Å². The zero-order valence-corrected chi connectivity index (χ0v) is 10.6. The van der Waals surface area contributed by atoms with E-state index in [-0.39, 0.29) is 5.56 Å². The highest BCUT2D eigenvalue weighted by atomic mass is 19.1. The molecule has 0 amide bonds. The molecule has 0 aliphatic heterocycles. The topological polar surface area (TPSA) is 42.9 Å². The average molecular weight is 262 g/mol. The van der Waals surface area contributed by atoms with Gasteiger partial charge in [0.25, 0.3) is 0 Å². The number of carbonyl (C=O) groups excluding carboxylic acids is 1. The third-order valence-electron chi connectivity index (χ3n) is 2.76. The SMILES string of the molecule is CCc1nnc(C)cc1C(=O)c1c(F)cccc1F. The van der Waals surface area contributed by atoms with Crippen molar-refractivity contribution in [3.63, 3.8) is 0 Å². The molecule has 0 unspecified atom stereocenters. The summed E-state index contributed by atoms with van der Waals surface area (Å²) in [4.78, 5) is 12.3. The van der Waals surface area contributed by atoms with Crippen LogP contribution in [0.2, 0.25) is 0 Å². The highest BCUT2D eigenvalue weighted by Gasteiger charge is 2.21. The van der Waals surface area contributed by atoms with E-state index in [0.717, 1.165) is 12.1 Å². The molecule has 0 aliphatic rings. The molecule has 98 valence electrons. The van der Waals surface area contributed by atoms with Crippen molar-refractivity contribution in [3.05, 3.63) is 58.4 Å². The lowest BCUT2D eigenvalue weighted by atomic mass is 10.00. The molecule has 0 saturated carbocycles. The van der Waals surface area contributed by atoms with Crippen LogP contribution in [0, 0.1) is 18.6 Å². The van der Waals surface area contributed by atoms with Crippen molar-refractivity contribution < 1.29 is 13.6 Å². The number of nitrogens with zero attached hydrogens (tertiary/aromatic N) is 2. The molecule has 0 spiro atoms. The number of hydrogen-bond acceptors (Lipinski definition) is 3. The molecule has 19 heavy (non-hydrogen) atoms. The van der Waals surface area contributed by atoms with E-state index in [2.05, 4.69) is 10.2 Å². The van der Waals surface area contributed by atoms with Crippen LogP contribution in [0.15, 0.2) is 24.3 Å². The van der Waals surface area contributed by atoms with Crippen LogP contribution in [0.25, 0.3) is 0 Å². The molecule has 1 aromatic heterocycles. The summed E-state index contributed by atoms with van der Waals surface area (Å²) in [5, 5.41) is 7.73. The Morgan fingerprint density at radius 2 is 1.84 bits per heavy atom. The maximum atomic E-state index is 13.6. The third kappa shape index (κ3) is 2.50. The monoisotopic (exact) mass is 262 g/mol. The third-order valence-corrected chi connectivity index (χ3v) is 2.76. The van der Waals surface area contributed by atoms with E-state index in [9.17, 15) is 13.6 Å². The fraction of sp³-hybridized carbons (Fsp3) is 0.214. The number of aryl methyl sites for hydroxylation is 2. The van der Waals surface area contributed by atoms with Gasteiger partial charge in [0.1, 0.15) is 11.6 Å². The number of benzene rings is 1. The van der Waals surface area contributed by atoms with Crippen molar-refractivity contribution in [2.24, 2.45) is 0 Å². The molecule has 0 N–H and O–H groups in total. The largest absolute Gasteiger partial charge is 0.288 e. The summed E-state index contributed by atoms with van der Waals surface area (Å²) in [5.74, 6) is -2.45. The van der Waals surface area contributed by atoms with E-state index in [1.807, 2.05) is 0 Å². The van der Waals surface area contributed by atoms with Crippen LogP contribution in [0.3, 0.4) is 0 Å². The minimum Gasteiger partial charge on any atom is -0.288 e. The zero-order valence-electron chi connectivity index (χ0n) is 10.6. The van der Waals surface area contributed by atoms with Gasteiger partial charge in [-0.2, -0.15) is 10.2 Å². The van der Waals surface area contributed by atoms with E-state index >= 15 is 0 Å². The van der Waals surface area contributed by atoms with Crippen molar-refractivity contribution in [1.29, 1.82) is 0 Å². The quantitative estimate of drug-likeness (QED) is 0.799. The first-order valence-corrected chi connectivity index (χ1v) is 5.86. The highest BCUT2D eigenvalue weighted by molar-refractivity contribution is 6.10. The number of hydrogen-bond donors (Lipinski definition) is 0. The highest BCUT2D eigenvalue weighted by Crippen LogP contribution is 2.19. The Morgan fingerprint density at radius 1 is 1.21 bits per heavy atom. The van der Waals surface area contributed by atoms with E-state index in [1.54, 1.807) is 13.8 Å². The zero-order chi connectivity index (χ0) is 14.0. The number of ketones is 1. The normalized spacial score (nSPS) is 10.5. The average Bonchev–Trinajstić information content (AvgIpc) is 2.38. The summed E-state index contributed by atoms with van der Waals surface area (Å²) in [6.07, 6.45) is 0.463. The van der Waals surface area contributed by atoms with Gasteiger partial charge in [-0.05, 0) is 31.5 Å². The van der Waals surface area contributed by atoms with Gasteiger partial charge in [-0.3, -0.25) is 4.79 Å². The van der Waals surface area contributed by atoms with Crippen molar-refractivity contribution >= 4 is 5.78 Å². The molecular formula is C14H12F2N2O. The molecule has 2 rings (SSSR count). The smallest absolute Gasteiger partial charge is 0.200 e. The predicted octanol–water partition coefficient (Wildman–Crippen LogP) is 2.86. The molecule has 0 radical (unpaired) electrons. The van der Waals surface area contributed by atoms with Crippen LogP contribution in [0.1, 0.15) is 34.2 Å². The molecule has 0 atom stereocenters. The lowest BCUT2D eigenvalue weighted by Crippen LogP contribution is -2.12. The molecule has 1 aromatic carbocycles. The lowest BCUT2D eigenvalue weighted by Gasteiger charge is -2.08. The maximum absolute atomic E-state index is 13.6. The molecule has 0 aliphatic carbocycles. The molecule has 0 saturated heterocycles. The number of carbonyl (C=O) groups is 1. The van der Waals surface area contributed by atoms with Gasteiger partial charge >= 0.3 is 0 Å². The molecule has 5 heteroatoms. The van der Waals surface area contributed by atoms with Crippen molar-refractivity contribution in [3.8, 4) is 0 Å². The first-order chi connectivity index (χ1) is 9.04. The van der Waals surface area contributed by atoms with Gasteiger partial charge in [-0.15, -0.1) is 0 Å². The van der Waals surface area contributed by atoms with Crippen molar-refractivity contribution in [2.75, 3.05) is 0 Å². The van der Waals surface area contributed by atoms with Gasteiger partial charge in [-0.1, -0.05) is 13.0 Å². The molecule has 2 aromatic rings. The van der Waals surface area contributed by atoms with Crippen LogP contribution < -0.4 is 0 Å². The Bertz CT molecular complexity index is 621. The second-order valence-corrected chi connectivity index (χ2v) is 4.13. The summed E-state index contributed by atoms with van der Waals surface area (Å²) in [7, 11) is 0. The molecular weight excluding hydrogens is 250 g/mol. The predicted molar refractivity (Wildman–Crippen MR) is 65.9 cm³/mol. The Kier molecular flexibility index (Phi) is 3.64. The Balaban J connectivity index is 2.59. The number of halogens is 2. The van der Waals surface area contributed by atoms with Crippen LogP contribution in [0.5, 0.6) is 0 Å². The van der Waals surface area contributed by atoms with E-state index < -0.39 is 23.0 Å². The summed E-state index contributed by atoms with van der Waals surface area (Å²) >= 11 is 0. The summed E-state index contributed by atoms with van der Waals surface area (Å²) in [6.45, 7) is 3.47. The van der Waals surface area contributed by atoms with Gasteiger partial charge in [0, 0.05) is 5.56 Å². The van der Waals surface area contributed by atoms with Crippen molar-refractivity contribution in [1.82, 2.24) is 10.2 Å². The lowest BCUT2D eigenvalue weighted by molar-refractivity contribution is 0.102. The second-order valence-electron chi connectivity index (χ2n) is 4.13. The molecule has 0 fully saturated rings. The van der Waals surface area contributed by atoms with Crippen LogP contribution >= 0.6 is 0 Å². The minimum atomic E-state index is -0.874. The fourth-order valence-electron chi connectivity index (χ4n) is 1.82. The fourth-order valence-corrected chi connectivity index (χ4v) is 1.82. The first-order valence-electron chi connectivity index (χ1n) is 5.86. The van der Waals surface area contributed by atoms with Crippen LogP contribution in [0.4, 0.5) is 8.78 Å². The van der Waals surface area contributed by atoms with E-state index in [4.69, 9.17) is 0 Å². The van der Waals surface area contributed by atoms with Crippen LogP contribution in [-0.4, -0.2) is 16.0 Å². The molecule has 1 heterocycles. The second kappa shape index (κ2) is 5.22. The Morgan fingerprint density at radius 3 is 2.42 bits per heavy atom. The summed E-state index contributed by atoms with van der Waals surface area (Å²) < 4.78 is 27.3. The number of aromatic nitrogens is 2. The van der Waals surface area contributed by atoms with Gasteiger partial charge in [-0.25, -0.2) is 8.78 Å². The Hall–Kier alpha value is -2.17. The summed E-state index contributed by atoms with van der Waals surface area (Å²) in [5.41, 5.74) is 0.596. The van der Waals surface area contributed by atoms with Gasteiger partial charge in [0.15, 0.2) is 0 Å². The van der Waals surface area contributed by atoms with E-state index in [0.29, 0.717) is 17.8 Å². The van der Waals surface area contributed by atoms with Gasteiger partial charge in [0.2, 0.25) is 5.78 Å². The first kappa shape index (κ1) is 13.3. The van der Waals surface area contributed by atoms with Gasteiger partial charge < -0.3 is 0 Å². The van der Waals surface area contributed by atoms with Crippen molar-refractivity contribution in [2.45, 2.75) is 20.3 Å². The molecule has 3 nitrogen and oxygen atoms in total.